The van der Waals surface area contributed by atoms with Crippen LogP contribution in [0.25, 0.3) is 0 Å². The zero-order valence-electron chi connectivity index (χ0n) is 37.6. The van der Waals surface area contributed by atoms with Crippen LogP contribution in [-0.4, -0.2) is 88.2 Å². The predicted octanol–water partition coefficient (Wildman–Crippen LogP) is 11.4. The minimum Gasteiger partial charge on any atom is -0.466 e. The van der Waals surface area contributed by atoms with Crippen molar-refractivity contribution in [2.75, 3.05) is 59.3 Å². The largest absolute Gasteiger partial charge is 0.466 e. The molecule has 336 valence electrons. The van der Waals surface area contributed by atoms with E-state index in [1.54, 1.807) is 11.9 Å². The van der Waals surface area contributed by atoms with E-state index in [9.17, 15) is 14.4 Å². The van der Waals surface area contributed by atoms with Crippen molar-refractivity contribution in [2.24, 2.45) is 0 Å². The van der Waals surface area contributed by atoms with Gasteiger partial charge >= 0.3 is 11.9 Å². The van der Waals surface area contributed by atoms with Gasteiger partial charge in [-0.05, 0) is 104 Å². The number of carbonyl (C=O) groups is 3. The highest BCUT2D eigenvalue weighted by Gasteiger charge is 2.34. The van der Waals surface area contributed by atoms with Crippen LogP contribution in [0, 0.1) is 0 Å². The molecule has 0 aliphatic rings. The third-order valence-corrected chi connectivity index (χ3v) is 10.6. The van der Waals surface area contributed by atoms with E-state index in [-0.39, 0.29) is 31.8 Å². The highest BCUT2D eigenvalue weighted by molar-refractivity contribution is 7.97. The average Bonchev–Trinajstić information content (AvgIpc) is 3.22. The summed E-state index contributed by atoms with van der Waals surface area (Å²) in [5.74, 6) is 0.137. The quantitative estimate of drug-likeness (QED) is 0.0154. The lowest BCUT2D eigenvalue weighted by Gasteiger charge is -2.33. The Balaban J connectivity index is 4.68. The van der Waals surface area contributed by atoms with Gasteiger partial charge < -0.3 is 24.4 Å². The molecule has 2 N–H and O–H groups in total. The molecule has 0 amide bonds. The van der Waals surface area contributed by atoms with Crippen molar-refractivity contribution in [3.05, 3.63) is 48.6 Å². The molecular formula is C48H87N3O6S. The van der Waals surface area contributed by atoms with Gasteiger partial charge in [0.15, 0.2) is 0 Å². The van der Waals surface area contributed by atoms with Crippen LogP contribution in [0.3, 0.4) is 0 Å². The Bertz CT molecular complexity index is 1000. The molecule has 0 aromatic rings. The van der Waals surface area contributed by atoms with Crippen LogP contribution in [0.1, 0.15) is 174 Å². The summed E-state index contributed by atoms with van der Waals surface area (Å²) in [6.07, 6.45) is 44.4. The second-order valence-electron chi connectivity index (χ2n) is 15.8. The Hall–Kier alpha value is -2.40. The molecule has 58 heavy (non-hydrogen) atoms. The Kier molecular flexibility index (Phi) is 42.3. The molecule has 0 aromatic heterocycles. The van der Waals surface area contributed by atoms with E-state index in [4.69, 9.17) is 14.2 Å². The molecule has 0 saturated carbocycles. The summed E-state index contributed by atoms with van der Waals surface area (Å²) in [6.45, 7) is 7.10. The first-order valence-electron chi connectivity index (χ1n) is 23.1. The number of esters is 2. The van der Waals surface area contributed by atoms with Crippen molar-refractivity contribution >= 4 is 30.4 Å². The maximum absolute atomic E-state index is 12.8. The Labute approximate surface area is 360 Å². The predicted molar refractivity (Wildman–Crippen MR) is 247 cm³/mol. The smallest absolute Gasteiger partial charge is 0.305 e. The lowest BCUT2D eigenvalue weighted by Crippen LogP contribution is -2.57. The number of hydrogen-bond acceptors (Lipinski definition) is 10. The Morgan fingerprint density at radius 3 is 1.47 bits per heavy atom. The summed E-state index contributed by atoms with van der Waals surface area (Å²) < 4.78 is 20.1. The zero-order chi connectivity index (χ0) is 42.5. The average molecular weight is 834 g/mol. The second kappa shape index (κ2) is 44.2. The van der Waals surface area contributed by atoms with E-state index in [1.807, 2.05) is 0 Å². The van der Waals surface area contributed by atoms with Crippen molar-refractivity contribution in [3.8, 4) is 0 Å². The summed E-state index contributed by atoms with van der Waals surface area (Å²) in [6, 6.07) is 0. The number of carbonyl (C=O) groups excluding carboxylic acids is 3. The van der Waals surface area contributed by atoms with Gasteiger partial charge in [-0.15, -0.1) is 0 Å². The van der Waals surface area contributed by atoms with Gasteiger partial charge in [0.2, 0.25) is 0 Å². The first-order valence-corrected chi connectivity index (χ1v) is 24.1. The second-order valence-corrected chi connectivity index (χ2v) is 16.8. The number of hydrogen-bond donors (Lipinski definition) is 2. The van der Waals surface area contributed by atoms with Crippen LogP contribution in [-0.2, 0) is 28.6 Å². The summed E-state index contributed by atoms with van der Waals surface area (Å²) in [5.41, 5.74) is -1.03. The summed E-state index contributed by atoms with van der Waals surface area (Å²) in [4.78, 5) is 39.1. The molecule has 0 heterocycles. The van der Waals surface area contributed by atoms with Gasteiger partial charge in [-0.3, -0.25) is 19.1 Å². The third-order valence-electron chi connectivity index (χ3n) is 9.80. The molecule has 10 heteroatoms. The Morgan fingerprint density at radius 2 is 1.02 bits per heavy atom. The fourth-order valence-electron chi connectivity index (χ4n) is 6.19. The number of unbranched alkanes of at least 4 members (excludes halogenated alkanes) is 16. The molecule has 0 aliphatic heterocycles. The van der Waals surface area contributed by atoms with Crippen molar-refractivity contribution in [1.82, 2.24) is 14.9 Å². The molecule has 0 aliphatic carbocycles. The van der Waals surface area contributed by atoms with Gasteiger partial charge in [-0.1, -0.05) is 139 Å². The topological polar surface area (TPSA) is 106 Å². The molecule has 0 atom stereocenters. The fraction of sp³-hybridized carbons (Fsp3) is 0.771. The molecule has 0 radical (unpaired) electrons. The maximum atomic E-state index is 12.8. The third kappa shape index (κ3) is 40.4. The van der Waals surface area contributed by atoms with Crippen LogP contribution in [0.5, 0.6) is 0 Å². The summed E-state index contributed by atoms with van der Waals surface area (Å²) >= 11 is 1.60. The molecule has 0 saturated heterocycles. The number of ether oxygens (including phenoxy) is 3. The molecule has 0 fully saturated rings. The van der Waals surface area contributed by atoms with Crippen LogP contribution < -0.4 is 10.0 Å². The monoisotopic (exact) mass is 834 g/mol. The van der Waals surface area contributed by atoms with Crippen molar-refractivity contribution in [3.63, 3.8) is 0 Å². The van der Waals surface area contributed by atoms with Crippen LogP contribution in [0.15, 0.2) is 48.6 Å². The molecule has 9 nitrogen and oxygen atoms in total. The van der Waals surface area contributed by atoms with Gasteiger partial charge in [-0.25, -0.2) is 0 Å². The first kappa shape index (κ1) is 55.6. The highest BCUT2D eigenvalue weighted by atomic mass is 32.2. The van der Waals surface area contributed by atoms with Crippen molar-refractivity contribution < 1.29 is 28.6 Å². The van der Waals surface area contributed by atoms with Crippen LogP contribution in [0.2, 0.25) is 0 Å². The van der Waals surface area contributed by atoms with E-state index in [0.717, 1.165) is 115 Å². The van der Waals surface area contributed by atoms with E-state index in [2.05, 4.69) is 91.5 Å². The molecule has 0 rings (SSSR count). The molecule has 0 aromatic carbocycles. The normalized spacial score (nSPS) is 12.2. The van der Waals surface area contributed by atoms with Gasteiger partial charge in [0.05, 0.1) is 0 Å². The highest BCUT2D eigenvalue weighted by Crippen LogP contribution is 2.14. The lowest BCUT2D eigenvalue weighted by atomic mass is 10.0. The van der Waals surface area contributed by atoms with E-state index >= 15 is 0 Å². The number of nitrogens with zero attached hydrogens (tertiary/aromatic N) is 1. The first-order chi connectivity index (χ1) is 28.4. The van der Waals surface area contributed by atoms with Gasteiger partial charge in [0, 0.05) is 31.7 Å². The lowest BCUT2D eigenvalue weighted by molar-refractivity contribution is -0.154. The van der Waals surface area contributed by atoms with E-state index in [0.29, 0.717) is 25.9 Å². The van der Waals surface area contributed by atoms with Gasteiger partial charge in [-0.2, -0.15) is 0 Å². The Morgan fingerprint density at radius 1 is 0.569 bits per heavy atom. The molecule has 0 unspecified atom stereocenters. The number of rotatable bonds is 44. The zero-order valence-corrected chi connectivity index (χ0v) is 38.4. The fourth-order valence-corrected chi connectivity index (χ4v) is 6.83. The van der Waals surface area contributed by atoms with Crippen molar-refractivity contribution in [1.29, 1.82) is 0 Å². The summed E-state index contributed by atoms with van der Waals surface area (Å²) in [5, 5.41) is 3.41. The SMILES string of the molecule is CCCCC/C=C\C/C=C\CCCCCCCC(=O)OCC(COC=O)(COC(=O)CCCCCCC/C=C\C/C=C\CCCCC)NCCSNCCCN(C)C. The number of nitrogens with one attached hydrogen (secondary N) is 2. The van der Waals surface area contributed by atoms with Crippen LogP contribution in [0.4, 0.5) is 0 Å². The standard InChI is InChI=1S/C48H87N3O6S/c1-5-7-9-11-13-15-17-19-21-23-25-27-29-31-33-36-46(53)56-43-48(42-55-45-52,49-39-41-58-50-38-35-40-51(3)4)44-57-47(54)37-34-32-30-28-26-24-22-20-18-16-14-12-10-8-6-2/h13-16,19-22,45,49-50H,5-12,17-18,23-44H2,1-4H3/b15-13-,16-14-,21-19-,22-20-. The minimum atomic E-state index is -1.03. The van der Waals surface area contributed by atoms with Gasteiger partial charge in [0.1, 0.15) is 25.4 Å². The van der Waals surface area contributed by atoms with Gasteiger partial charge in [0.25, 0.3) is 6.47 Å². The molecule has 0 spiro atoms. The van der Waals surface area contributed by atoms with E-state index in [1.165, 1.54) is 51.4 Å². The number of allylic oxidation sites excluding steroid dienone is 8. The van der Waals surface area contributed by atoms with E-state index < -0.39 is 5.54 Å². The molecule has 0 bridgehead atoms. The van der Waals surface area contributed by atoms with Crippen LogP contribution >= 0.6 is 11.9 Å². The summed E-state index contributed by atoms with van der Waals surface area (Å²) in [7, 11) is 4.12. The van der Waals surface area contributed by atoms with Crippen molar-refractivity contribution in [2.45, 2.75) is 180 Å². The molecular weight excluding hydrogens is 747 g/mol. The minimum absolute atomic E-state index is 0.0577. The maximum Gasteiger partial charge on any atom is 0.305 e.